The van der Waals surface area contributed by atoms with E-state index in [1.807, 2.05) is 13.8 Å². The SMILES string of the molecule is CCOC1CC2(C1)Cn1cc(C(=O)CCc3cccc(Cl)c3F)c(=O)c(O)c1C(=O)N2CC. The summed E-state index contributed by atoms with van der Waals surface area (Å²) in [6.07, 6.45) is 2.59. The maximum Gasteiger partial charge on any atom is 0.275 e. The van der Waals surface area contributed by atoms with Gasteiger partial charge < -0.3 is 19.3 Å². The standard InChI is InChI=1S/C24H26ClFN2O5/c1-3-28-23(32)20-22(31)21(30)16(12-27(20)13-24(28)10-15(11-24)33-4-2)18(29)9-8-14-6-5-7-17(25)19(14)26/h5-7,12,15,31H,3-4,8-11,13H2,1-2H3. The molecule has 2 aliphatic rings. The van der Waals surface area contributed by atoms with Crippen LogP contribution in [0.2, 0.25) is 5.02 Å². The molecule has 9 heteroatoms. The van der Waals surface area contributed by atoms with Crippen molar-refractivity contribution < 1.29 is 23.8 Å². The highest BCUT2D eigenvalue weighted by Crippen LogP contribution is 2.45. The van der Waals surface area contributed by atoms with Crippen molar-refractivity contribution in [2.75, 3.05) is 13.2 Å². The Balaban J connectivity index is 1.63. The maximum absolute atomic E-state index is 14.2. The van der Waals surface area contributed by atoms with Crippen molar-refractivity contribution in [1.82, 2.24) is 9.47 Å². The number of rotatable bonds is 7. The molecule has 0 bridgehead atoms. The molecular formula is C24H26ClFN2O5. The molecule has 176 valence electrons. The zero-order chi connectivity index (χ0) is 23.9. The summed E-state index contributed by atoms with van der Waals surface area (Å²) in [7, 11) is 0. The first-order valence-electron chi connectivity index (χ1n) is 11.1. The Morgan fingerprint density at radius 1 is 1.30 bits per heavy atom. The van der Waals surface area contributed by atoms with Crippen LogP contribution in [0, 0.1) is 5.82 Å². The number of pyridine rings is 1. The number of hydrogen-bond acceptors (Lipinski definition) is 5. The van der Waals surface area contributed by atoms with E-state index in [-0.39, 0.29) is 40.8 Å². The van der Waals surface area contributed by atoms with Crippen molar-refractivity contribution in [1.29, 1.82) is 0 Å². The molecule has 2 heterocycles. The van der Waals surface area contributed by atoms with Crippen LogP contribution in [0.3, 0.4) is 0 Å². The molecule has 0 atom stereocenters. The molecule has 33 heavy (non-hydrogen) atoms. The van der Waals surface area contributed by atoms with Crippen LogP contribution in [0.4, 0.5) is 4.39 Å². The molecule has 1 saturated carbocycles. The van der Waals surface area contributed by atoms with Gasteiger partial charge in [-0.15, -0.1) is 0 Å². The number of fused-ring (bicyclic) bond motifs is 1. The summed E-state index contributed by atoms with van der Waals surface area (Å²) in [5, 5.41) is 10.5. The summed E-state index contributed by atoms with van der Waals surface area (Å²) in [4.78, 5) is 40.5. The van der Waals surface area contributed by atoms with E-state index < -0.39 is 34.2 Å². The highest BCUT2D eigenvalue weighted by Gasteiger charge is 2.54. The number of aromatic nitrogens is 1. The molecule has 2 aromatic rings. The number of carbonyl (C=O) groups excluding carboxylic acids is 2. The van der Waals surface area contributed by atoms with Gasteiger partial charge in [0.25, 0.3) is 5.91 Å². The fourth-order valence-corrected chi connectivity index (χ4v) is 5.23. The van der Waals surface area contributed by atoms with E-state index in [1.165, 1.54) is 22.9 Å². The number of nitrogens with zero attached hydrogens (tertiary/aromatic N) is 2. The average molecular weight is 477 g/mol. The summed E-state index contributed by atoms with van der Waals surface area (Å²) in [6.45, 7) is 5.13. The lowest BCUT2D eigenvalue weighted by Crippen LogP contribution is -2.66. The molecule has 1 amide bonds. The van der Waals surface area contributed by atoms with Crippen molar-refractivity contribution in [3.05, 3.63) is 62.3 Å². The third-order valence-electron chi connectivity index (χ3n) is 6.63. The molecule has 0 unspecified atom stereocenters. The van der Waals surface area contributed by atoms with Crippen LogP contribution < -0.4 is 5.43 Å². The maximum atomic E-state index is 14.2. The number of aromatic hydroxyl groups is 1. The monoisotopic (exact) mass is 476 g/mol. The van der Waals surface area contributed by atoms with Gasteiger partial charge in [0, 0.05) is 32.3 Å². The minimum absolute atomic E-state index is 0.0402. The number of ketones is 1. The largest absolute Gasteiger partial charge is 0.503 e. The Labute approximate surface area is 195 Å². The molecule has 0 radical (unpaired) electrons. The van der Waals surface area contributed by atoms with E-state index in [1.54, 1.807) is 11.0 Å². The van der Waals surface area contributed by atoms with Crippen LogP contribution in [-0.4, -0.2) is 51.1 Å². The lowest BCUT2D eigenvalue weighted by atomic mass is 9.71. The zero-order valence-electron chi connectivity index (χ0n) is 18.6. The van der Waals surface area contributed by atoms with Gasteiger partial charge in [-0.25, -0.2) is 4.39 Å². The summed E-state index contributed by atoms with van der Waals surface area (Å²) < 4.78 is 21.3. The first-order valence-corrected chi connectivity index (χ1v) is 11.5. The molecule has 1 N–H and O–H groups in total. The molecule has 1 fully saturated rings. The van der Waals surface area contributed by atoms with Gasteiger partial charge >= 0.3 is 0 Å². The van der Waals surface area contributed by atoms with Gasteiger partial charge in [0.2, 0.25) is 5.43 Å². The normalized spacial score (nSPS) is 21.8. The number of benzene rings is 1. The van der Waals surface area contributed by atoms with Crippen LogP contribution in [-0.2, 0) is 17.7 Å². The van der Waals surface area contributed by atoms with Crippen molar-refractivity contribution in [3.63, 3.8) is 0 Å². The zero-order valence-corrected chi connectivity index (χ0v) is 19.3. The number of hydrogen-bond donors (Lipinski definition) is 1. The van der Waals surface area contributed by atoms with E-state index in [0.717, 1.165) is 0 Å². The number of amides is 1. The highest BCUT2D eigenvalue weighted by molar-refractivity contribution is 6.30. The van der Waals surface area contributed by atoms with Crippen LogP contribution in [0.5, 0.6) is 5.75 Å². The summed E-state index contributed by atoms with van der Waals surface area (Å²) >= 11 is 5.79. The predicted molar refractivity (Wildman–Crippen MR) is 121 cm³/mol. The Kier molecular flexibility index (Phi) is 6.33. The Bertz CT molecular complexity index is 1170. The third-order valence-corrected chi connectivity index (χ3v) is 6.92. The quantitative estimate of drug-likeness (QED) is 0.617. The first-order chi connectivity index (χ1) is 15.7. The minimum atomic E-state index is -0.890. The smallest absolute Gasteiger partial charge is 0.275 e. The predicted octanol–water partition coefficient (Wildman–Crippen LogP) is 3.58. The second-order valence-electron chi connectivity index (χ2n) is 8.59. The lowest BCUT2D eigenvalue weighted by Gasteiger charge is -2.56. The molecule has 1 aromatic carbocycles. The number of halogens is 2. The van der Waals surface area contributed by atoms with Gasteiger partial charge in [-0.3, -0.25) is 14.4 Å². The summed E-state index contributed by atoms with van der Waals surface area (Å²) in [5.74, 6) is -2.30. The van der Waals surface area contributed by atoms with Crippen LogP contribution in [0.1, 0.15) is 59.5 Å². The Morgan fingerprint density at radius 3 is 2.70 bits per heavy atom. The van der Waals surface area contributed by atoms with Gasteiger partial charge in [-0.1, -0.05) is 23.7 Å². The molecule has 4 rings (SSSR count). The molecule has 0 saturated heterocycles. The molecule has 1 aliphatic heterocycles. The molecule has 1 aliphatic carbocycles. The average Bonchev–Trinajstić information content (AvgIpc) is 2.76. The van der Waals surface area contributed by atoms with E-state index in [4.69, 9.17) is 16.3 Å². The van der Waals surface area contributed by atoms with Crippen LogP contribution in [0.15, 0.2) is 29.2 Å². The van der Waals surface area contributed by atoms with E-state index >= 15 is 0 Å². The van der Waals surface area contributed by atoms with Crippen molar-refractivity contribution in [3.8, 4) is 5.75 Å². The Hall–Kier alpha value is -2.71. The van der Waals surface area contributed by atoms with Crippen LogP contribution in [0.25, 0.3) is 0 Å². The summed E-state index contributed by atoms with van der Waals surface area (Å²) in [5.41, 5.74) is -1.43. The fourth-order valence-electron chi connectivity index (χ4n) is 5.04. The fraction of sp³-hybridized carbons (Fsp3) is 0.458. The van der Waals surface area contributed by atoms with Gasteiger partial charge in [0.05, 0.1) is 22.2 Å². The van der Waals surface area contributed by atoms with Crippen LogP contribution >= 0.6 is 11.6 Å². The van der Waals surface area contributed by atoms with Crippen molar-refractivity contribution in [2.45, 2.75) is 57.7 Å². The lowest BCUT2D eigenvalue weighted by molar-refractivity contribution is -0.103. The number of carbonyl (C=O) groups is 2. The van der Waals surface area contributed by atoms with E-state index in [2.05, 4.69) is 0 Å². The Morgan fingerprint density at radius 2 is 2.03 bits per heavy atom. The van der Waals surface area contributed by atoms with Crippen molar-refractivity contribution >= 4 is 23.3 Å². The van der Waals surface area contributed by atoms with E-state index in [0.29, 0.717) is 32.5 Å². The minimum Gasteiger partial charge on any atom is -0.503 e. The second kappa shape index (κ2) is 8.91. The van der Waals surface area contributed by atoms with E-state index in [9.17, 15) is 23.9 Å². The topological polar surface area (TPSA) is 88.8 Å². The number of ether oxygens (including phenoxy) is 1. The molecular weight excluding hydrogens is 451 g/mol. The second-order valence-corrected chi connectivity index (χ2v) is 9.00. The van der Waals surface area contributed by atoms with Crippen molar-refractivity contribution in [2.24, 2.45) is 0 Å². The van der Waals surface area contributed by atoms with Gasteiger partial charge in [-0.2, -0.15) is 0 Å². The van der Waals surface area contributed by atoms with Gasteiger partial charge in [-0.05, 0) is 44.7 Å². The van der Waals surface area contributed by atoms with Gasteiger partial charge in [0.1, 0.15) is 5.82 Å². The molecule has 1 spiro atoms. The molecule has 7 nitrogen and oxygen atoms in total. The summed E-state index contributed by atoms with van der Waals surface area (Å²) in [6, 6.07) is 4.53. The highest BCUT2D eigenvalue weighted by atomic mass is 35.5. The number of Topliss-reactive ketones (excluding diaryl/α,β-unsaturated/α-hetero) is 1. The first kappa shape index (κ1) is 23.4. The number of aryl methyl sites for hydroxylation is 1. The van der Waals surface area contributed by atoms with Gasteiger partial charge in [0.15, 0.2) is 17.2 Å². The molecule has 1 aromatic heterocycles. The number of likely N-dealkylation sites (N-methyl/N-ethyl adjacent to an activating group) is 1. The third kappa shape index (κ3) is 3.95.